The third-order valence-electron chi connectivity index (χ3n) is 3.38. The van der Waals surface area contributed by atoms with Crippen molar-refractivity contribution in [2.45, 2.75) is 6.92 Å². The molecule has 4 heteroatoms. The summed E-state index contributed by atoms with van der Waals surface area (Å²) in [6.07, 6.45) is 0.945. The average molecular weight is 278 g/mol. The highest BCUT2D eigenvalue weighted by Crippen LogP contribution is 2.17. The van der Waals surface area contributed by atoms with Crippen molar-refractivity contribution in [3.63, 3.8) is 0 Å². The van der Waals surface area contributed by atoms with E-state index in [4.69, 9.17) is 0 Å². The lowest BCUT2D eigenvalue weighted by Gasteiger charge is -2.13. The Morgan fingerprint density at radius 1 is 1.10 bits per heavy atom. The lowest BCUT2D eigenvalue weighted by atomic mass is 10.1. The number of rotatable bonds is 2. The van der Waals surface area contributed by atoms with Crippen LogP contribution in [0.2, 0.25) is 0 Å². The average Bonchev–Trinajstić information content (AvgIpc) is 2.52. The molecule has 0 aliphatic carbocycles. The highest BCUT2D eigenvalue weighted by Gasteiger charge is 2.13. The van der Waals surface area contributed by atoms with Gasteiger partial charge in [0.2, 0.25) is 0 Å². The van der Waals surface area contributed by atoms with E-state index in [9.17, 15) is 9.90 Å². The van der Waals surface area contributed by atoms with Crippen molar-refractivity contribution in [2.24, 2.45) is 0 Å². The molecular formula is C17H14N2O2. The van der Waals surface area contributed by atoms with Gasteiger partial charge in [0.05, 0.1) is 16.6 Å². The number of fused-ring (bicyclic) bond motifs is 1. The SMILES string of the molecule is Cc1nc2ccccc2c(=O)n1/C(=C/O)c1ccccc1. The molecule has 2 aromatic carbocycles. The number of aliphatic hydroxyl groups is 1. The monoisotopic (exact) mass is 278 g/mol. The van der Waals surface area contributed by atoms with Crippen molar-refractivity contribution >= 4 is 16.6 Å². The highest BCUT2D eigenvalue weighted by molar-refractivity contribution is 5.79. The first-order valence-corrected chi connectivity index (χ1v) is 6.61. The Hall–Kier alpha value is -2.88. The number of benzene rings is 2. The van der Waals surface area contributed by atoms with E-state index in [1.807, 2.05) is 36.4 Å². The van der Waals surface area contributed by atoms with Gasteiger partial charge in [0.25, 0.3) is 5.56 Å². The van der Waals surface area contributed by atoms with Crippen LogP contribution in [0, 0.1) is 6.92 Å². The van der Waals surface area contributed by atoms with Gasteiger partial charge in [-0.3, -0.25) is 9.36 Å². The standard InChI is InChI=1S/C17H14N2O2/c1-12-18-15-10-6-5-9-14(15)17(21)19(12)16(11-20)13-7-3-2-4-8-13/h2-11,20H,1H3/b16-11+. The van der Waals surface area contributed by atoms with Gasteiger partial charge in [-0.1, -0.05) is 42.5 Å². The predicted octanol–water partition coefficient (Wildman–Crippen LogP) is 3.11. The van der Waals surface area contributed by atoms with Crippen LogP contribution in [0.5, 0.6) is 0 Å². The molecule has 4 nitrogen and oxygen atoms in total. The summed E-state index contributed by atoms with van der Waals surface area (Å²) in [5.74, 6) is 0.530. The van der Waals surface area contributed by atoms with Crippen LogP contribution in [0.3, 0.4) is 0 Å². The zero-order valence-corrected chi connectivity index (χ0v) is 11.5. The second-order valence-corrected chi connectivity index (χ2v) is 4.70. The summed E-state index contributed by atoms with van der Waals surface area (Å²) in [4.78, 5) is 17.1. The molecule has 3 aromatic rings. The number of para-hydroxylation sites is 1. The Balaban J connectivity index is 2.32. The van der Waals surface area contributed by atoms with E-state index in [0.717, 1.165) is 11.8 Å². The summed E-state index contributed by atoms with van der Waals surface area (Å²) in [6.45, 7) is 1.75. The van der Waals surface area contributed by atoms with Crippen LogP contribution in [-0.2, 0) is 0 Å². The zero-order chi connectivity index (χ0) is 14.8. The van der Waals surface area contributed by atoms with Gasteiger partial charge in [-0.15, -0.1) is 0 Å². The molecule has 0 bridgehead atoms. The lowest BCUT2D eigenvalue weighted by molar-refractivity contribution is 0.472. The fourth-order valence-electron chi connectivity index (χ4n) is 2.40. The van der Waals surface area contributed by atoms with Crippen molar-refractivity contribution in [3.05, 3.63) is 82.6 Å². The molecule has 1 heterocycles. The minimum atomic E-state index is -0.192. The number of nitrogens with zero attached hydrogens (tertiary/aromatic N) is 2. The van der Waals surface area contributed by atoms with E-state index in [2.05, 4.69) is 4.98 Å². The van der Waals surface area contributed by atoms with E-state index >= 15 is 0 Å². The van der Waals surface area contributed by atoms with Crippen LogP contribution in [0.1, 0.15) is 11.4 Å². The third kappa shape index (κ3) is 2.21. The molecule has 0 aliphatic rings. The maximum Gasteiger partial charge on any atom is 0.266 e. The molecule has 0 saturated carbocycles. The van der Waals surface area contributed by atoms with Crippen molar-refractivity contribution < 1.29 is 5.11 Å². The van der Waals surface area contributed by atoms with Gasteiger partial charge in [0.1, 0.15) is 12.1 Å². The fourth-order valence-corrected chi connectivity index (χ4v) is 2.40. The van der Waals surface area contributed by atoms with Gasteiger partial charge >= 0.3 is 0 Å². The molecule has 1 N–H and O–H groups in total. The maximum atomic E-state index is 12.7. The van der Waals surface area contributed by atoms with Gasteiger partial charge < -0.3 is 5.11 Å². The van der Waals surface area contributed by atoms with Gasteiger partial charge in [0, 0.05) is 5.56 Å². The summed E-state index contributed by atoms with van der Waals surface area (Å²) in [5.41, 5.74) is 1.63. The highest BCUT2D eigenvalue weighted by atomic mass is 16.2. The molecule has 0 radical (unpaired) electrons. The first-order chi connectivity index (χ1) is 10.2. The van der Waals surface area contributed by atoms with Gasteiger partial charge in [0.15, 0.2) is 0 Å². The lowest BCUT2D eigenvalue weighted by Crippen LogP contribution is -2.23. The van der Waals surface area contributed by atoms with Gasteiger partial charge in [-0.25, -0.2) is 4.98 Å². The molecule has 1 aromatic heterocycles. The molecule has 21 heavy (non-hydrogen) atoms. The molecule has 0 fully saturated rings. The second kappa shape index (κ2) is 5.25. The Kier molecular flexibility index (Phi) is 3.28. The second-order valence-electron chi connectivity index (χ2n) is 4.70. The molecule has 3 rings (SSSR count). The zero-order valence-electron chi connectivity index (χ0n) is 11.5. The Bertz CT molecular complexity index is 880. The van der Waals surface area contributed by atoms with Crippen molar-refractivity contribution in [3.8, 4) is 0 Å². The first-order valence-electron chi connectivity index (χ1n) is 6.61. The number of hydrogen-bond donors (Lipinski definition) is 1. The quantitative estimate of drug-likeness (QED) is 0.733. The van der Waals surface area contributed by atoms with E-state index in [0.29, 0.717) is 22.4 Å². The maximum absolute atomic E-state index is 12.7. The van der Waals surface area contributed by atoms with E-state index in [-0.39, 0.29) is 5.56 Å². The fraction of sp³-hybridized carbons (Fsp3) is 0.0588. The Labute approximate surface area is 121 Å². The number of aliphatic hydroxyl groups excluding tert-OH is 1. The molecule has 0 saturated heterocycles. The minimum Gasteiger partial charge on any atom is -0.513 e. The van der Waals surface area contributed by atoms with Crippen LogP contribution in [0.25, 0.3) is 16.6 Å². The topological polar surface area (TPSA) is 55.1 Å². The number of aryl methyl sites for hydroxylation is 1. The van der Waals surface area contributed by atoms with Crippen molar-refractivity contribution in [1.82, 2.24) is 9.55 Å². The summed E-state index contributed by atoms with van der Waals surface area (Å²) in [7, 11) is 0. The Morgan fingerprint density at radius 2 is 1.76 bits per heavy atom. The molecule has 0 aliphatic heterocycles. The number of hydrogen-bond acceptors (Lipinski definition) is 3. The minimum absolute atomic E-state index is 0.192. The molecule has 0 spiro atoms. The summed E-state index contributed by atoms with van der Waals surface area (Å²) < 4.78 is 1.43. The van der Waals surface area contributed by atoms with E-state index < -0.39 is 0 Å². The van der Waals surface area contributed by atoms with Crippen LogP contribution in [-0.4, -0.2) is 14.7 Å². The van der Waals surface area contributed by atoms with Crippen LogP contribution in [0.4, 0.5) is 0 Å². The van der Waals surface area contributed by atoms with Crippen molar-refractivity contribution in [1.29, 1.82) is 0 Å². The largest absolute Gasteiger partial charge is 0.513 e. The van der Waals surface area contributed by atoms with Gasteiger partial charge in [-0.2, -0.15) is 0 Å². The summed E-state index contributed by atoms with van der Waals surface area (Å²) in [6, 6.07) is 16.5. The molecule has 104 valence electrons. The smallest absolute Gasteiger partial charge is 0.266 e. The summed E-state index contributed by atoms with van der Waals surface area (Å²) in [5, 5.41) is 10.1. The summed E-state index contributed by atoms with van der Waals surface area (Å²) >= 11 is 0. The van der Waals surface area contributed by atoms with E-state index in [1.54, 1.807) is 25.1 Å². The number of aromatic nitrogens is 2. The molecule has 0 atom stereocenters. The van der Waals surface area contributed by atoms with Gasteiger partial charge in [-0.05, 0) is 19.1 Å². The van der Waals surface area contributed by atoms with E-state index in [1.165, 1.54) is 4.57 Å². The molecule has 0 unspecified atom stereocenters. The van der Waals surface area contributed by atoms with Crippen molar-refractivity contribution in [2.75, 3.05) is 0 Å². The predicted molar refractivity (Wildman–Crippen MR) is 83.2 cm³/mol. The van der Waals surface area contributed by atoms with Crippen LogP contribution in [0.15, 0.2) is 65.7 Å². The third-order valence-corrected chi connectivity index (χ3v) is 3.38. The van der Waals surface area contributed by atoms with Crippen LogP contribution < -0.4 is 5.56 Å². The Morgan fingerprint density at radius 3 is 2.48 bits per heavy atom. The van der Waals surface area contributed by atoms with Crippen LogP contribution >= 0.6 is 0 Å². The normalized spacial score (nSPS) is 11.8. The molecule has 0 amide bonds. The molecular weight excluding hydrogens is 264 g/mol. The first kappa shape index (κ1) is 13.1.